The summed E-state index contributed by atoms with van der Waals surface area (Å²) in [5.41, 5.74) is 2.59. The van der Waals surface area contributed by atoms with Crippen molar-refractivity contribution in [2.45, 2.75) is 123 Å². The molecule has 1 aromatic carbocycles. The third-order valence-electron chi connectivity index (χ3n) is 6.04. The van der Waals surface area contributed by atoms with Gasteiger partial charge in [-0.3, -0.25) is 0 Å². The molecule has 1 aromatic rings. The van der Waals surface area contributed by atoms with Gasteiger partial charge in [0, 0.05) is 5.75 Å². The van der Waals surface area contributed by atoms with Crippen molar-refractivity contribution in [3.05, 3.63) is 29.3 Å². The number of hydrogen-bond donors (Lipinski definition) is 0. The van der Waals surface area contributed by atoms with Gasteiger partial charge in [0.25, 0.3) is 0 Å². The van der Waals surface area contributed by atoms with Gasteiger partial charge in [0.05, 0.1) is 16.7 Å². The standard InChI is InChI=1S/C27H48O4S.Na/c1-3-5-7-9-11-13-15-18-25-20-21-27(31-22-17-23-32(28,29)30)26(24-25)19-16-14-12-10-8-6-4-2;/h20-21,24H,3-19,22-23H2,1-2H3,(H,28,29,30);/q;+1/p-1. The zero-order valence-electron chi connectivity index (χ0n) is 21.7. The Morgan fingerprint density at radius 1 is 0.727 bits per heavy atom. The minimum absolute atomic E-state index is 0. The molecular weight excluding hydrogens is 443 g/mol. The van der Waals surface area contributed by atoms with E-state index < -0.39 is 10.1 Å². The van der Waals surface area contributed by atoms with Gasteiger partial charge in [-0.2, -0.15) is 0 Å². The molecule has 0 radical (unpaired) electrons. The minimum atomic E-state index is -4.17. The van der Waals surface area contributed by atoms with E-state index in [0.717, 1.165) is 25.0 Å². The Morgan fingerprint density at radius 2 is 1.24 bits per heavy atom. The summed E-state index contributed by atoms with van der Waals surface area (Å²) in [4.78, 5) is 0. The second-order valence-corrected chi connectivity index (χ2v) is 10.7. The Morgan fingerprint density at radius 3 is 1.79 bits per heavy atom. The van der Waals surface area contributed by atoms with Crippen LogP contribution in [-0.2, 0) is 23.0 Å². The van der Waals surface area contributed by atoms with Crippen molar-refractivity contribution >= 4 is 10.1 Å². The van der Waals surface area contributed by atoms with Crippen LogP contribution >= 0.6 is 0 Å². The number of benzene rings is 1. The van der Waals surface area contributed by atoms with Gasteiger partial charge in [-0.25, -0.2) is 8.42 Å². The smallest absolute Gasteiger partial charge is 0.748 e. The van der Waals surface area contributed by atoms with Crippen LogP contribution in [-0.4, -0.2) is 25.3 Å². The summed E-state index contributed by atoms with van der Waals surface area (Å²) in [6.07, 6.45) is 20.5. The summed E-state index contributed by atoms with van der Waals surface area (Å²) in [5, 5.41) is 0. The van der Waals surface area contributed by atoms with Gasteiger partial charge >= 0.3 is 29.6 Å². The fourth-order valence-corrected chi connectivity index (χ4v) is 4.57. The molecule has 186 valence electrons. The average molecular weight is 491 g/mol. The van der Waals surface area contributed by atoms with E-state index in [1.165, 1.54) is 94.6 Å². The molecule has 4 nitrogen and oxygen atoms in total. The van der Waals surface area contributed by atoms with Gasteiger partial charge in [-0.15, -0.1) is 0 Å². The first-order valence-electron chi connectivity index (χ1n) is 13.1. The molecular formula is C27H47NaO4S. The molecule has 0 amide bonds. The van der Waals surface area contributed by atoms with Crippen molar-refractivity contribution in [1.29, 1.82) is 0 Å². The van der Waals surface area contributed by atoms with Crippen LogP contribution in [0.3, 0.4) is 0 Å². The van der Waals surface area contributed by atoms with Crippen LogP contribution in [0, 0.1) is 0 Å². The Bertz CT molecular complexity index is 691. The molecule has 0 saturated heterocycles. The van der Waals surface area contributed by atoms with E-state index in [9.17, 15) is 13.0 Å². The van der Waals surface area contributed by atoms with Gasteiger partial charge < -0.3 is 9.29 Å². The van der Waals surface area contributed by atoms with E-state index in [0.29, 0.717) is 0 Å². The molecule has 0 N–H and O–H groups in total. The normalized spacial score (nSPS) is 11.4. The quantitative estimate of drug-likeness (QED) is 0.144. The zero-order chi connectivity index (χ0) is 23.5. The van der Waals surface area contributed by atoms with E-state index in [-0.39, 0.29) is 48.3 Å². The maximum atomic E-state index is 10.8. The summed E-state index contributed by atoms with van der Waals surface area (Å²) in [7, 11) is -4.17. The van der Waals surface area contributed by atoms with Crippen molar-refractivity contribution in [3.63, 3.8) is 0 Å². The van der Waals surface area contributed by atoms with Crippen LogP contribution in [0.15, 0.2) is 18.2 Å². The summed E-state index contributed by atoms with van der Waals surface area (Å²) in [6.45, 7) is 4.76. The molecule has 0 aliphatic heterocycles. The monoisotopic (exact) mass is 490 g/mol. The van der Waals surface area contributed by atoms with E-state index in [2.05, 4.69) is 26.0 Å². The van der Waals surface area contributed by atoms with Crippen molar-refractivity contribution in [1.82, 2.24) is 0 Å². The molecule has 0 atom stereocenters. The molecule has 1 rings (SSSR count). The van der Waals surface area contributed by atoms with Crippen LogP contribution in [0.4, 0.5) is 0 Å². The zero-order valence-corrected chi connectivity index (χ0v) is 24.5. The van der Waals surface area contributed by atoms with Crippen molar-refractivity contribution in [3.8, 4) is 5.75 Å². The van der Waals surface area contributed by atoms with Gasteiger partial charge in [0.1, 0.15) is 5.75 Å². The molecule has 0 saturated carbocycles. The molecule has 6 heteroatoms. The predicted octanol–water partition coefficient (Wildman–Crippen LogP) is 4.59. The molecule has 0 fully saturated rings. The number of aryl methyl sites for hydroxylation is 2. The Hall–Kier alpha value is -0.0700. The maximum Gasteiger partial charge on any atom is 1.00 e. The summed E-state index contributed by atoms with van der Waals surface area (Å²) in [6, 6.07) is 6.47. The molecule has 0 unspecified atom stereocenters. The van der Waals surface area contributed by atoms with E-state index in [1.54, 1.807) is 0 Å². The van der Waals surface area contributed by atoms with Crippen molar-refractivity contribution in [2.24, 2.45) is 0 Å². The van der Waals surface area contributed by atoms with E-state index in [1.807, 2.05) is 6.07 Å². The number of ether oxygens (including phenoxy) is 1. The number of hydrogen-bond acceptors (Lipinski definition) is 4. The molecule has 0 bridgehead atoms. The van der Waals surface area contributed by atoms with Crippen LogP contribution in [0.1, 0.15) is 121 Å². The molecule has 0 heterocycles. The van der Waals surface area contributed by atoms with Crippen LogP contribution < -0.4 is 34.3 Å². The van der Waals surface area contributed by atoms with Gasteiger partial charge in [-0.1, -0.05) is 103 Å². The van der Waals surface area contributed by atoms with Crippen LogP contribution in [0.2, 0.25) is 0 Å². The SMILES string of the molecule is CCCCCCCCCc1ccc(OCCCS(=O)(=O)[O-])c(CCCCCCCCC)c1.[Na+]. The third-order valence-corrected chi connectivity index (χ3v) is 6.83. The Labute approximate surface area is 226 Å². The number of rotatable bonds is 21. The fraction of sp³-hybridized carbons (Fsp3) is 0.778. The fourth-order valence-electron chi connectivity index (χ4n) is 4.10. The Kier molecular flexibility index (Phi) is 21.2. The minimum Gasteiger partial charge on any atom is -0.748 e. The largest absolute Gasteiger partial charge is 1.00 e. The number of unbranched alkanes of at least 4 members (excludes halogenated alkanes) is 12. The second kappa shape index (κ2) is 21.2. The summed E-state index contributed by atoms with van der Waals surface area (Å²) in [5.74, 6) is 0.485. The molecule has 0 aliphatic carbocycles. The molecule has 0 aromatic heterocycles. The molecule has 0 aliphatic rings. The van der Waals surface area contributed by atoms with Crippen molar-refractivity contribution in [2.75, 3.05) is 12.4 Å². The van der Waals surface area contributed by atoms with Gasteiger partial charge in [0.15, 0.2) is 0 Å². The topological polar surface area (TPSA) is 66.4 Å². The first-order chi connectivity index (χ1) is 15.5. The first kappa shape index (κ1) is 32.9. The van der Waals surface area contributed by atoms with Gasteiger partial charge in [0.2, 0.25) is 0 Å². The third kappa shape index (κ3) is 18.9. The maximum absolute atomic E-state index is 10.8. The molecule has 0 spiro atoms. The van der Waals surface area contributed by atoms with Crippen molar-refractivity contribution < 1.29 is 47.3 Å². The summed E-state index contributed by atoms with van der Waals surface area (Å²) < 4.78 is 38.3. The predicted molar refractivity (Wildman–Crippen MR) is 135 cm³/mol. The molecule has 33 heavy (non-hydrogen) atoms. The Balaban J connectivity index is 0.0000102. The van der Waals surface area contributed by atoms with Gasteiger partial charge in [-0.05, 0) is 49.3 Å². The first-order valence-corrected chi connectivity index (χ1v) is 14.7. The summed E-state index contributed by atoms with van der Waals surface area (Å²) >= 11 is 0. The average Bonchev–Trinajstić information content (AvgIpc) is 2.75. The van der Waals surface area contributed by atoms with E-state index in [4.69, 9.17) is 4.74 Å². The second-order valence-electron chi connectivity index (χ2n) is 9.15. The van der Waals surface area contributed by atoms with Crippen LogP contribution in [0.25, 0.3) is 0 Å². The van der Waals surface area contributed by atoms with Crippen LogP contribution in [0.5, 0.6) is 5.75 Å². The van der Waals surface area contributed by atoms with E-state index >= 15 is 0 Å².